The summed E-state index contributed by atoms with van der Waals surface area (Å²) in [5.74, 6) is 1.46. The van der Waals surface area contributed by atoms with Gasteiger partial charge in [0.05, 0.1) is 12.2 Å². The summed E-state index contributed by atoms with van der Waals surface area (Å²) >= 11 is 0. The van der Waals surface area contributed by atoms with Gasteiger partial charge in [-0.05, 0) is 62.2 Å². The van der Waals surface area contributed by atoms with E-state index in [0.717, 1.165) is 38.0 Å². The molecule has 3 N–H and O–H groups in total. The van der Waals surface area contributed by atoms with Gasteiger partial charge < -0.3 is 15.3 Å². The van der Waals surface area contributed by atoms with E-state index in [1.54, 1.807) is 0 Å². The fourth-order valence-corrected chi connectivity index (χ4v) is 6.02. The zero-order valence-corrected chi connectivity index (χ0v) is 18.0. The zero-order chi connectivity index (χ0) is 20.8. The molecule has 6 atom stereocenters. The number of aliphatic hydroxyl groups is 2. The van der Waals surface area contributed by atoms with Crippen molar-refractivity contribution in [1.82, 2.24) is 0 Å². The van der Waals surface area contributed by atoms with Crippen molar-refractivity contribution in [3.05, 3.63) is 23.8 Å². The second-order valence-electron chi connectivity index (χ2n) is 9.95. The van der Waals surface area contributed by atoms with Gasteiger partial charge in [0.25, 0.3) is 0 Å². The van der Waals surface area contributed by atoms with E-state index in [1.165, 1.54) is 37.7 Å². The molecule has 0 saturated heterocycles. The molecule has 1 unspecified atom stereocenters. The van der Waals surface area contributed by atoms with Gasteiger partial charge in [0.15, 0.2) is 0 Å². The summed E-state index contributed by atoms with van der Waals surface area (Å²) in [6.07, 6.45) is 18.0. The van der Waals surface area contributed by atoms with Crippen molar-refractivity contribution in [3.8, 4) is 0 Å². The average Bonchev–Trinajstić information content (AvgIpc) is 3.20. The molecular weight excluding hydrogens is 364 g/mol. The molecule has 0 heterocycles. The van der Waals surface area contributed by atoms with E-state index in [9.17, 15) is 15.0 Å². The number of hydrogen-bond donors (Lipinski definition) is 3. The van der Waals surface area contributed by atoms with Crippen LogP contribution in [0.5, 0.6) is 0 Å². The second-order valence-corrected chi connectivity index (χ2v) is 9.95. The first-order valence-corrected chi connectivity index (χ1v) is 11.9. The first kappa shape index (κ1) is 22.6. The SMILES string of the molecule is CC(CC1CCCCC1)[C@@H](O)/C=C/[C@@H]1[C@H]2C/C(=C/CCCC(=O)O)C[C@@H]2C[C@H]1O. The lowest BCUT2D eigenvalue weighted by atomic mass is 9.81. The lowest BCUT2D eigenvalue weighted by Crippen LogP contribution is -2.22. The Balaban J connectivity index is 1.49. The molecule has 0 spiro atoms. The van der Waals surface area contributed by atoms with Crippen molar-refractivity contribution in [2.45, 2.75) is 96.2 Å². The lowest BCUT2D eigenvalue weighted by Gasteiger charge is -2.26. The Hall–Kier alpha value is -1.13. The second kappa shape index (κ2) is 10.8. The van der Waals surface area contributed by atoms with Crippen LogP contribution in [0, 0.1) is 29.6 Å². The van der Waals surface area contributed by atoms with Crippen molar-refractivity contribution in [2.24, 2.45) is 29.6 Å². The van der Waals surface area contributed by atoms with E-state index in [1.807, 2.05) is 6.08 Å². The van der Waals surface area contributed by atoms with Gasteiger partial charge in [-0.3, -0.25) is 4.79 Å². The van der Waals surface area contributed by atoms with E-state index in [0.29, 0.717) is 18.3 Å². The van der Waals surface area contributed by atoms with Gasteiger partial charge in [-0.1, -0.05) is 62.8 Å². The van der Waals surface area contributed by atoms with Crippen LogP contribution in [0.25, 0.3) is 0 Å². The first-order valence-electron chi connectivity index (χ1n) is 11.9. The molecule has 3 saturated carbocycles. The lowest BCUT2D eigenvalue weighted by molar-refractivity contribution is -0.137. The van der Waals surface area contributed by atoms with E-state index < -0.39 is 12.1 Å². The third-order valence-electron chi connectivity index (χ3n) is 7.68. The number of carboxylic acids is 1. The van der Waals surface area contributed by atoms with E-state index in [4.69, 9.17) is 5.11 Å². The Morgan fingerprint density at radius 3 is 2.69 bits per heavy atom. The highest BCUT2D eigenvalue weighted by Crippen LogP contribution is 2.50. The number of fused-ring (bicyclic) bond motifs is 1. The minimum absolute atomic E-state index is 0.140. The van der Waals surface area contributed by atoms with Crippen LogP contribution in [0.3, 0.4) is 0 Å². The van der Waals surface area contributed by atoms with Crippen LogP contribution < -0.4 is 0 Å². The maximum absolute atomic E-state index is 10.6. The maximum atomic E-state index is 10.6. The van der Waals surface area contributed by atoms with Crippen molar-refractivity contribution in [3.63, 3.8) is 0 Å². The zero-order valence-electron chi connectivity index (χ0n) is 18.0. The third kappa shape index (κ3) is 6.42. The number of unbranched alkanes of at least 4 members (excludes halogenated alkanes) is 1. The molecule has 3 aliphatic rings. The highest BCUT2D eigenvalue weighted by molar-refractivity contribution is 5.66. The van der Waals surface area contributed by atoms with Gasteiger partial charge in [-0.15, -0.1) is 0 Å². The van der Waals surface area contributed by atoms with E-state index >= 15 is 0 Å². The predicted molar refractivity (Wildman–Crippen MR) is 115 cm³/mol. The van der Waals surface area contributed by atoms with Crippen LogP contribution in [0.1, 0.15) is 84.0 Å². The standard InChI is InChI=1S/C25H40O4/c1-17(13-18-7-3-2-4-8-18)23(26)12-11-21-22-15-19(9-5-6-10-25(28)29)14-20(22)16-24(21)27/h9,11-12,17-18,20-24,26-27H,2-8,10,13-16H2,1H3,(H,28,29)/b12-11+,19-9+/t17?,20-,21-,22+,23+,24-/m1/s1. The maximum Gasteiger partial charge on any atom is 0.303 e. The molecule has 0 bridgehead atoms. The molecule has 4 heteroatoms. The molecule has 29 heavy (non-hydrogen) atoms. The molecule has 164 valence electrons. The topological polar surface area (TPSA) is 77.8 Å². The molecule has 0 aliphatic heterocycles. The minimum Gasteiger partial charge on any atom is -0.481 e. The number of allylic oxidation sites excluding steroid dienone is 2. The Kier molecular flexibility index (Phi) is 8.37. The molecule has 0 aromatic carbocycles. The van der Waals surface area contributed by atoms with E-state index in [-0.39, 0.29) is 24.4 Å². The fraction of sp³-hybridized carbons (Fsp3) is 0.800. The molecule has 0 aromatic rings. The largest absolute Gasteiger partial charge is 0.481 e. The number of hydrogen-bond acceptors (Lipinski definition) is 3. The van der Waals surface area contributed by atoms with Gasteiger partial charge in [-0.2, -0.15) is 0 Å². The van der Waals surface area contributed by atoms with Crippen LogP contribution in [0.2, 0.25) is 0 Å². The van der Waals surface area contributed by atoms with Gasteiger partial charge in [-0.25, -0.2) is 0 Å². The van der Waals surface area contributed by atoms with Crippen molar-refractivity contribution in [1.29, 1.82) is 0 Å². The molecule has 0 radical (unpaired) electrons. The Morgan fingerprint density at radius 2 is 1.97 bits per heavy atom. The summed E-state index contributed by atoms with van der Waals surface area (Å²) in [5, 5.41) is 30.0. The molecule has 0 aromatic heterocycles. The summed E-state index contributed by atoms with van der Waals surface area (Å²) in [7, 11) is 0. The summed E-state index contributed by atoms with van der Waals surface area (Å²) in [6, 6.07) is 0. The number of rotatable bonds is 9. The van der Waals surface area contributed by atoms with Crippen LogP contribution in [0.15, 0.2) is 23.8 Å². The summed E-state index contributed by atoms with van der Waals surface area (Å²) in [6.45, 7) is 2.16. The summed E-state index contributed by atoms with van der Waals surface area (Å²) < 4.78 is 0. The van der Waals surface area contributed by atoms with Gasteiger partial charge in [0.2, 0.25) is 0 Å². The molecule has 3 aliphatic carbocycles. The number of carboxylic acid groups (broad SMARTS) is 1. The van der Waals surface area contributed by atoms with E-state index in [2.05, 4.69) is 19.1 Å². The molecular formula is C25H40O4. The van der Waals surface area contributed by atoms with Gasteiger partial charge in [0, 0.05) is 12.3 Å². The fourth-order valence-electron chi connectivity index (χ4n) is 6.02. The van der Waals surface area contributed by atoms with Crippen LogP contribution in [0.4, 0.5) is 0 Å². The normalized spacial score (nSPS) is 34.0. The molecule has 3 fully saturated rings. The van der Waals surface area contributed by atoms with Crippen LogP contribution >= 0.6 is 0 Å². The van der Waals surface area contributed by atoms with Crippen molar-refractivity contribution in [2.75, 3.05) is 0 Å². The Labute approximate surface area is 176 Å². The number of carbonyl (C=O) groups is 1. The highest BCUT2D eigenvalue weighted by atomic mass is 16.4. The van der Waals surface area contributed by atoms with Crippen molar-refractivity contribution < 1.29 is 20.1 Å². The summed E-state index contributed by atoms with van der Waals surface area (Å²) in [4.78, 5) is 10.6. The Morgan fingerprint density at radius 1 is 1.21 bits per heavy atom. The quantitative estimate of drug-likeness (QED) is 0.369. The smallest absolute Gasteiger partial charge is 0.303 e. The van der Waals surface area contributed by atoms with Gasteiger partial charge >= 0.3 is 5.97 Å². The molecule has 0 amide bonds. The number of aliphatic hydroxyl groups excluding tert-OH is 2. The van der Waals surface area contributed by atoms with Gasteiger partial charge in [0.1, 0.15) is 0 Å². The van der Waals surface area contributed by atoms with Crippen LogP contribution in [-0.4, -0.2) is 33.5 Å². The molecule has 4 nitrogen and oxygen atoms in total. The minimum atomic E-state index is -0.726. The summed E-state index contributed by atoms with van der Waals surface area (Å²) in [5.41, 5.74) is 1.43. The monoisotopic (exact) mass is 404 g/mol. The van der Waals surface area contributed by atoms with Crippen LogP contribution in [-0.2, 0) is 4.79 Å². The first-order chi connectivity index (χ1) is 13.9. The Bertz CT molecular complexity index is 590. The predicted octanol–water partition coefficient (Wildman–Crippen LogP) is 5.10. The van der Waals surface area contributed by atoms with Crippen molar-refractivity contribution >= 4 is 5.97 Å². The number of aliphatic carboxylic acids is 1. The molecule has 3 rings (SSSR count). The highest BCUT2D eigenvalue weighted by Gasteiger charge is 2.45. The third-order valence-corrected chi connectivity index (χ3v) is 7.68. The average molecular weight is 405 g/mol.